The summed E-state index contributed by atoms with van der Waals surface area (Å²) in [5.41, 5.74) is 0.919. The Bertz CT molecular complexity index is 911. The van der Waals surface area contributed by atoms with Crippen LogP contribution in [0.4, 0.5) is 0 Å². The van der Waals surface area contributed by atoms with Gasteiger partial charge >= 0.3 is 13.3 Å². The molecule has 0 radical (unpaired) electrons. The number of aryl methyl sites for hydroxylation is 2. The number of amides is 1. The number of ether oxygens (including phenoxy) is 1. The van der Waals surface area contributed by atoms with Crippen molar-refractivity contribution >= 4 is 19.2 Å². The lowest BCUT2D eigenvalue weighted by Gasteiger charge is -2.39. The third-order valence-electron chi connectivity index (χ3n) is 4.46. The number of carboxylic acid groups (broad SMARTS) is 1. The number of aromatic carboxylic acids is 1. The number of likely N-dealkylation sites (tertiary alicyclic amines) is 1. The Kier molecular flexibility index (Phi) is 6.04. The van der Waals surface area contributed by atoms with Gasteiger partial charge in [0.15, 0.2) is 0 Å². The molecule has 1 saturated heterocycles. The first-order valence-corrected chi connectivity index (χ1v) is 9.01. The van der Waals surface area contributed by atoms with E-state index in [-0.39, 0.29) is 29.5 Å². The van der Waals surface area contributed by atoms with Crippen molar-refractivity contribution in [3.63, 3.8) is 0 Å². The molecule has 0 atom stereocenters. The highest BCUT2D eigenvalue weighted by atomic mass is 16.6. The molecule has 29 heavy (non-hydrogen) atoms. The van der Waals surface area contributed by atoms with Gasteiger partial charge in [-0.2, -0.15) is 0 Å². The number of hydrogen-bond donors (Lipinski definition) is 3. The number of carboxylic acids is 1. The summed E-state index contributed by atoms with van der Waals surface area (Å²) in [5, 5.41) is 35.5. The highest BCUT2D eigenvalue weighted by molar-refractivity contribution is 6.34. The van der Waals surface area contributed by atoms with E-state index in [0.717, 1.165) is 0 Å². The van der Waals surface area contributed by atoms with E-state index >= 15 is 0 Å². The van der Waals surface area contributed by atoms with Crippen molar-refractivity contribution in [3.05, 3.63) is 35.2 Å². The molecule has 0 spiro atoms. The van der Waals surface area contributed by atoms with Crippen molar-refractivity contribution in [2.24, 2.45) is 0 Å². The van der Waals surface area contributed by atoms with Crippen LogP contribution in [-0.2, 0) is 17.8 Å². The molecule has 1 fully saturated rings. The van der Waals surface area contributed by atoms with Crippen molar-refractivity contribution < 1.29 is 34.1 Å². The molecule has 12 heteroatoms. The quantitative estimate of drug-likeness (QED) is 0.495. The minimum Gasteiger partial charge on any atom is -0.511 e. The lowest BCUT2D eigenvalue weighted by atomic mass is 10.0. The van der Waals surface area contributed by atoms with Crippen molar-refractivity contribution in [1.29, 1.82) is 0 Å². The molecule has 3 N–H and O–H groups in total. The number of benzene rings is 1. The standard InChI is InChI=1S/C17H21BN4O7/c1-3-11-4-5-13(15(17(24)25)16(11)29-18(26)27)28-12-7-21(8-12)14(23)9-22-6-10(2)19-20-22/h4-6,12,26-27H,3,7-9H2,1-2H3,(H,24,25). The Morgan fingerprint density at radius 1 is 1.31 bits per heavy atom. The average Bonchev–Trinajstić information content (AvgIpc) is 3.01. The molecule has 2 aromatic rings. The van der Waals surface area contributed by atoms with Crippen LogP contribution in [-0.4, -0.2) is 73.4 Å². The summed E-state index contributed by atoms with van der Waals surface area (Å²) in [6.07, 6.45) is 1.70. The van der Waals surface area contributed by atoms with Crippen molar-refractivity contribution in [3.8, 4) is 11.5 Å². The molecule has 1 aromatic carbocycles. The summed E-state index contributed by atoms with van der Waals surface area (Å²) in [6.45, 7) is 4.20. The zero-order chi connectivity index (χ0) is 21.1. The van der Waals surface area contributed by atoms with Gasteiger partial charge in [0.2, 0.25) is 5.91 Å². The third kappa shape index (κ3) is 4.66. The van der Waals surface area contributed by atoms with Gasteiger partial charge in [-0.05, 0) is 25.0 Å². The summed E-state index contributed by atoms with van der Waals surface area (Å²) in [4.78, 5) is 25.6. The molecule has 1 amide bonds. The van der Waals surface area contributed by atoms with Gasteiger partial charge in [0.1, 0.15) is 29.7 Å². The van der Waals surface area contributed by atoms with Crippen LogP contribution < -0.4 is 9.39 Å². The van der Waals surface area contributed by atoms with Crippen LogP contribution in [0.2, 0.25) is 0 Å². The van der Waals surface area contributed by atoms with E-state index in [0.29, 0.717) is 30.8 Å². The number of carbonyl (C=O) groups excluding carboxylic acids is 1. The van der Waals surface area contributed by atoms with Crippen LogP contribution in [0.25, 0.3) is 0 Å². The van der Waals surface area contributed by atoms with Crippen LogP contribution in [0, 0.1) is 6.92 Å². The molecular formula is C17H21BN4O7. The van der Waals surface area contributed by atoms with Gasteiger partial charge in [-0.25, -0.2) is 9.48 Å². The van der Waals surface area contributed by atoms with Crippen molar-refractivity contribution in [1.82, 2.24) is 19.9 Å². The van der Waals surface area contributed by atoms with Gasteiger partial charge in [-0.1, -0.05) is 18.2 Å². The highest BCUT2D eigenvalue weighted by Gasteiger charge is 2.34. The first-order chi connectivity index (χ1) is 13.8. The zero-order valence-electron chi connectivity index (χ0n) is 16.0. The van der Waals surface area contributed by atoms with Gasteiger partial charge in [-0.3, -0.25) is 4.79 Å². The number of aromatic nitrogens is 3. The van der Waals surface area contributed by atoms with Crippen LogP contribution in [0.15, 0.2) is 18.3 Å². The Balaban J connectivity index is 1.68. The normalized spacial score (nSPS) is 13.7. The molecule has 1 aromatic heterocycles. The third-order valence-corrected chi connectivity index (χ3v) is 4.46. The Morgan fingerprint density at radius 2 is 2.03 bits per heavy atom. The van der Waals surface area contributed by atoms with Gasteiger partial charge in [0.05, 0.1) is 18.8 Å². The van der Waals surface area contributed by atoms with E-state index < -0.39 is 19.4 Å². The highest BCUT2D eigenvalue weighted by Crippen LogP contribution is 2.34. The molecule has 154 valence electrons. The summed E-state index contributed by atoms with van der Waals surface area (Å²) in [6, 6.07) is 3.11. The van der Waals surface area contributed by atoms with E-state index in [1.165, 1.54) is 10.7 Å². The number of rotatable bonds is 8. The number of nitrogens with zero attached hydrogens (tertiary/aromatic N) is 4. The van der Waals surface area contributed by atoms with Crippen LogP contribution >= 0.6 is 0 Å². The van der Waals surface area contributed by atoms with Gasteiger partial charge < -0.3 is 29.4 Å². The monoisotopic (exact) mass is 404 g/mol. The van der Waals surface area contributed by atoms with E-state index in [4.69, 9.17) is 19.4 Å². The van der Waals surface area contributed by atoms with E-state index in [1.807, 2.05) is 0 Å². The Labute approximate surface area is 166 Å². The number of carbonyl (C=O) groups is 2. The first-order valence-electron chi connectivity index (χ1n) is 9.01. The predicted octanol–water partition coefficient (Wildman–Crippen LogP) is -0.515. The molecule has 0 unspecified atom stereocenters. The second-order valence-corrected chi connectivity index (χ2v) is 6.63. The SMILES string of the molecule is CCc1ccc(OC2CN(C(=O)Cn3cc(C)nn3)C2)c(C(=O)O)c1OB(O)O. The molecule has 0 saturated carbocycles. The molecule has 2 heterocycles. The molecule has 11 nitrogen and oxygen atoms in total. The van der Waals surface area contributed by atoms with Crippen molar-refractivity contribution in [2.75, 3.05) is 13.1 Å². The average molecular weight is 404 g/mol. The molecule has 3 rings (SSSR count). The largest absolute Gasteiger partial charge is 0.707 e. The second-order valence-electron chi connectivity index (χ2n) is 6.63. The maximum atomic E-state index is 12.2. The topological polar surface area (TPSA) is 147 Å². The second kappa shape index (κ2) is 8.49. The van der Waals surface area contributed by atoms with E-state index in [9.17, 15) is 14.7 Å². The molecule has 0 bridgehead atoms. The lowest BCUT2D eigenvalue weighted by Crippen LogP contribution is -2.57. The summed E-state index contributed by atoms with van der Waals surface area (Å²) in [5.74, 6) is -1.59. The molecular weight excluding hydrogens is 383 g/mol. The lowest BCUT2D eigenvalue weighted by molar-refractivity contribution is -0.140. The number of hydrogen-bond acceptors (Lipinski definition) is 8. The Morgan fingerprint density at radius 3 is 2.59 bits per heavy atom. The van der Waals surface area contributed by atoms with E-state index in [2.05, 4.69) is 10.3 Å². The molecule has 0 aliphatic carbocycles. The Hall–Kier alpha value is -3.12. The summed E-state index contributed by atoms with van der Waals surface area (Å²) in [7, 11) is -2.16. The van der Waals surface area contributed by atoms with Gasteiger partial charge in [-0.15, -0.1) is 5.10 Å². The molecule has 1 aliphatic heterocycles. The van der Waals surface area contributed by atoms with E-state index in [1.54, 1.807) is 31.0 Å². The van der Waals surface area contributed by atoms with Gasteiger partial charge in [0, 0.05) is 6.20 Å². The zero-order valence-corrected chi connectivity index (χ0v) is 16.0. The van der Waals surface area contributed by atoms with Crippen molar-refractivity contribution in [2.45, 2.75) is 32.9 Å². The fraction of sp³-hybridized carbons (Fsp3) is 0.412. The fourth-order valence-corrected chi connectivity index (χ4v) is 3.03. The summed E-state index contributed by atoms with van der Waals surface area (Å²) < 4.78 is 12.1. The minimum absolute atomic E-state index is 0.0364. The fourth-order valence-electron chi connectivity index (χ4n) is 3.03. The maximum absolute atomic E-state index is 12.2. The van der Waals surface area contributed by atoms with Crippen LogP contribution in [0.1, 0.15) is 28.5 Å². The molecule has 1 aliphatic rings. The summed E-state index contributed by atoms with van der Waals surface area (Å²) >= 11 is 0. The smallest absolute Gasteiger partial charge is 0.511 e. The van der Waals surface area contributed by atoms with Crippen LogP contribution in [0.3, 0.4) is 0 Å². The minimum atomic E-state index is -2.16. The van der Waals surface area contributed by atoms with Crippen LogP contribution in [0.5, 0.6) is 11.5 Å². The predicted molar refractivity (Wildman–Crippen MR) is 99.4 cm³/mol. The van der Waals surface area contributed by atoms with Gasteiger partial charge in [0.25, 0.3) is 0 Å². The first kappa shape index (κ1) is 20.6. The maximum Gasteiger partial charge on any atom is 0.707 e.